The zero-order chi connectivity index (χ0) is 21.3. The van der Waals surface area contributed by atoms with Crippen LogP contribution in [0.1, 0.15) is 10.5 Å². The van der Waals surface area contributed by atoms with Gasteiger partial charge in [-0.05, 0) is 24.3 Å². The molecular weight excluding hydrogens is 419 g/mol. The second-order valence-electron chi connectivity index (χ2n) is 5.68. The minimum Gasteiger partial charge on any atom is -0.384 e. The Morgan fingerprint density at radius 3 is 2.34 bits per heavy atom. The van der Waals surface area contributed by atoms with Crippen LogP contribution in [0.25, 0.3) is 0 Å². The van der Waals surface area contributed by atoms with Crippen molar-refractivity contribution in [3.63, 3.8) is 0 Å². The van der Waals surface area contributed by atoms with Crippen molar-refractivity contribution in [2.75, 3.05) is 5.73 Å². The first-order chi connectivity index (χ1) is 13.6. The molecule has 0 aliphatic rings. The highest BCUT2D eigenvalue weighted by atomic mass is 35.5. The average molecular weight is 430 g/mol. The average Bonchev–Trinajstić information content (AvgIpc) is 3.13. The van der Waals surface area contributed by atoms with E-state index in [4.69, 9.17) is 17.3 Å². The summed E-state index contributed by atoms with van der Waals surface area (Å²) in [6, 6.07) is 6.55. The smallest absolute Gasteiger partial charge is 0.384 e. The van der Waals surface area contributed by atoms with Crippen LogP contribution in [0.15, 0.2) is 50.1 Å². The van der Waals surface area contributed by atoms with E-state index in [0.717, 1.165) is 6.07 Å². The first kappa shape index (κ1) is 20.1. The molecule has 3 aromatic rings. The molecule has 10 nitrogen and oxygen atoms in total. The van der Waals surface area contributed by atoms with Gasteiger partial charge in [-0.15, -0.1) is 5.11 Å². The number of nitrogens with two attached hydrogens (primary N) is 1. The summed E-state index contributed by atoms with van der Waals surface area (Å²) in [6.45, 7) is -0.905. The largest absolute Gasteiger partial charge is 0.435 e. The van der Waals surface area contributed by atoms with Crippen LogP contribution in [0, 0.1) is 0 Å². The standard InChI is InChI=1S/C15H11ClF3N7O3/c16-7-1-3-8(4-2-7)21-22-12-13(15(17,18)19)24-25(14(12)29)6-11(28)26-10(27)5-9(20)23-26/h1-5,23-24H,6,20H2. The summed E-state index contributed by atoms with van der Waals surface area (Å²) in [6.07, 6.45) is -4.98. The number of hydrogen-bond donors (Lipinski definition) is 3. The number of benzene rings is 1. The lowest BCUT2D eigenvalue weighted by atomic mass is 10.3. The maximum atomic E-state index is 13.3. The minimum absolute atomic E-state index is 0.129. The van der Waals surface area contributed by atoms with Crippen molar-refractivity contribution in [3.8, 4) is 0 Å². The highest BCUT2D eigenvalue weighted by Crippen LogP contribution is 2.33. The van der Waals surface area contributed by atoms with Crippen LogP contribution < -0.4 is 16.9 Å². The van der Waals surface area contributed by atoms with Crippen molar-refractivity contribution >= 4 is 34.7 Å². The highest BCUT2D eigenvalue weighted by Gasteiger charge is 2.38. The first-order valence-electron chi connectivity index (χ1n) is 7.74. The molecule has 3 rings (SSSR count). The third-order valence-electron chi connectivity index (χ3n) is 3.59. The first-order valence-corrected chi connectivity index (χ1v) is 8.12. The van der Waals surface area contributed by atoms with Crippen molar-refractivity contribution in [3.05, 3.63) is 61.8 Å². The van der Waals surface area contributed by atoms with E-state index in [9.17, 15) is 27.6 Å². The summed E-state index contributed by atoms with van der Waals surface area (Å²) in [5.74, 6) is -1.15. The number of aromatic amines is 2. The van der Waals surface area contributed by atoms with Gasteiger partial charge in [0, 0.05) is 11.1 Å². The third kappa shape index (κ3) is 4.29. The van der Waals surface area contributed by atoms with Crippen LogP contribution in [-0.4, -0.2) is 25.5 Å². The van der Waals surface area contributed by atoms with E-state index in [2.05, 4.69) is 15.3 Å². The Hall–Kier alpha value is -3.61. The second-order valence-corrected chi connectivity index (χ2v) is 6.12. The maximum absolute atomic E-state index is 13.3. The molecule has 29 heavy (non-hydrogen) atoms. The fourth-order valence-corrected chi connectivity index (χ4v) is 2.42. The number of rotatable bonds is 4. The fraction of sp³-hybridized carbons (Fsp3) is 0.133. The topological polar surface area (TPSA) is 143 Å². The summed E-state index contributed by atoms with van der Waals surface area (Å²) >= 11 is 5.71. The predicted molar refractivity (Wildman–Crippen MR) is 95.8 cm³/mol. The van der Waals surface area contributed by atoms with Crippen molar-refractivity contribution in [2.45, 2.75) is 12.7 Å². The van der Waals surface area contributed by atoms with Gasteiger partial charge in [-0.2, -0.15) is 23.0 Å². The Labute approximate surface area is 163 Å². The molecule has 14 heteroatoms. The van der Waals surface area contributed by atoms with Crippen molar-refractivity contribution < 1.29 is 18.0 Å². The summed E-state index contributed by atoms with van der Waals surface area (Å²) in [5.41, 5.74) is 0.874. The molecule has 0 spiro atoms. The van der Waals surface area contributed by atoms with Crippen LogP contribution in [-0.2, 0) is 12.7 Å². The van der Waals surface area contributed by atoms with Gasteiger partial charge in [0.15, 0.2) is 11.4 Å². The van der Waals surface area contributed by atoms with Gasteiger partial charge in [-0.3, -0.25) is 24.6 Å². The molecule has 0 amide bonds. The number of anilines is 1. The monoisotopic (exact) mass is 429 g/mol. The van der Waals surface area contributed by atoms with E-state index in [0.29, 0.717) is 14.4 Å². The van der Waals surface area contributed by atoms with E-state index < -0.39 is 41.1 Å². The fourth-order valence-electron chi connectivity index (χ4n) is 2.30. The highest BCUT2D eigenvalue weighted by molar-refractivity contribution is 6.30. The maximum Gasteiger partial charge on any atom is 0.435 e. The molecule has 1 aromatic carbocycles. The molecule has 0 saturated carbocycles. The van der Waals surface area contributed by atoms with Crippen LogP contribution in [0.5, 0.6) is 0 Å². The molecule has 0 bridgehead atoms. The van der Waals surface area contributed by atoms with Gasteiger partial charge in [-0.25, -0.2) is 4.68 Å². The van der Waals surface area contributed by atoms with E-state index in [1.54, 1.807) is 5.10 Å². The number of nitrogen functional groups attached to an aromatic ring is 1. The summed E-state index contributed by atoms with van der Waals surface area (Å²) in [7, 11) is 0. The zero-order valence-electron chi connectivity index (χ0n) is 14.2. The zero-order valence-corrected chi connectivity index (χ0v) is 15.0. The Morgan fingerprint density at radius 2 is 1.79 bits per heavy atom. The molecule has 152 valence electrons. The van der Waals surface area contributed by atoms with E-state index in [-0.39, 0.29) is 11.5 Å². The molecule has 0 atom stereocenters. The molecular formula is C15H11ClF3N7O3. The molecule has 0 radical (unpaired) electrons. The number of azo groups is 1. The number of aromatic nitrogens is 4. The van der Waals surface area contributed by atoms with Gasteiger partial charge in [0.25, 0.3) is 17.0 Å². The van der Waals surface area contributed by atoms with Crippen LogP contribution in [0.2, 0.25) is 5.02 Å². The summed E-state index contributed by atoms with van der Waals surface area (Å²) in [4.78, 5) is 36.1. The molecule has 4 N–H and O–H groups in total. The number of nitrogens with zero attached hydrogens (tertiary/aromatic N) is 4. The van der Waals surface area contributed by atoms with Gasteiger partial charge in [0.05, 0.1) is 5.69 Å². The molecule has 0 fully saturated rings. The Balaban J connectivity index is 1.98. The van der Waals surface area contributed by atoms with E-state index >= 15 is 0 Å². The number of H-pyrrole nitrogens is 2. The lowest BCUT2D eigenvalue weighted by molar-refractivity contribution is -0.141. The van der Waals surface area contributed by atoms with E-state index in [1.165, 1.54) is 24.3 Å². The van der Waals surface area contributed by atoms with Crippen molar-refractivity contribution in [1.82, 2.24) is 19.6 Å². The number of alkyl halides is 3. The van der Waals surface area contributed by atoms with Gasteiger partial charge < -0.3 is 5.73 Å². The number of carbonyl (C=O) groups excluding carboxylic acids is 1. The number of carbonyl (C=O) groups is 1. The summed E-state index contributed by atoms with van der Waals surface area (Å²) in [5, 5.41) is 11.4. The third-order valence-corrected chi connectivity index (χ3v) is 3.84. The molecule has 2 heterocycles. The molecule has 0 aliphatic heterocycles. The van der Waals surface area contributed by atoms with Crippen molar-refractivity contribution in [1.29, 1.82) is 0 Å². The quantitative estimate of drug-likeness (QED) is 0.547. The summed E-state index contributed by atoms with van der Waals surface area (Å²) < 4.78 is 40.7. The molecule has 0 saturated heterocycles. The van der Waals surface area contributed by atoms with E-state index in [1.807, 2.05) is 0 Å². The lowest BCUT2D eigenvalue weighted by Gasteiger charge is -2.04. The molecule has 2 aromatic heterocycles. The molecule has 0 unspecified atom stereocenters. The Morgan fingerprint density at radius 1 is 1.14 bits per heavy atom. The number of nitrogens with one attached hydrogen (secondary N) is 2. The predicted octanol–water partition coefficient (Wildman–Crippen LogP) is 2.68. The second kappa shape index (κ2) is 7.43. The van der Waals surface area contributed by atoms with Gasteiger partial charge in [-0.1, -0.05) is 11.6 Å². The van der Waals surface area contributed by atoms with Crippen molar-refractivity contribution in [2.24, 2.45) is 10.2 Å². The number of halogens is 4. The van der Waals surface area contributed by atoms with Crippen LogP contribution in [0.3, 0.4) is 0 Å². The van der Waals surface area contributed by atoms with Gasteiger partial charge >= 0.3 is 6.18 Å². The Bertz CT molecular complexity index is 1200. The minimum atomic E-state index is -4.98. The number of hydrogen-bond acceptors (Lipinski definition) is 6. The lowest BCUT2D eigenvalue weighted by Crippen LogP contribution is -2.31. The normalized spacial score (nSPS) is 12.0. The van der Waals surface area contributed by atoms with Crippen LogP contribution >= 0.6 is 11.6 Å². The van der Waals surface area contributed by atoms with Crippen LogP contribution in [0.4, 0.5) is 30.4 Å². The SMILES string of the molecule is Nc1cc(=O)n(C(=O)Cn2[nH]c(C(F)(F)F)c(N=Nc3ccc(Cl)cc3)c2=O)[nH]1. The Kier molecular flexibility index (Phi) is 5.16. The van der Waals surface area contributed by atoms with Gasteiger partial charge in [0.1, 0.15) is 12.4 Å². The van der Waals surface area contributed by atoms with Gasteiger partial charge in [0.2, 0.25) is 0 Å². The molecule has 0 aliphatic carbocycles.